The van der Waals surface area contributed by atoms with E-state index in [9.17, 15) is 13.2 Å². The van der Waals surface area contributed by atoms with Gasteiger partial charge >= 0.3 is 0 Å². The number of halogens is 1. The van der Waals surface area contributed by atoms with Crippen LogP contribution in [-0.2, 0) is 21.2 Å². The molecule has 0 spiro atoms. The van der Waals surface area contributed by atoms with Crippen LogP contribution in [0.3, 0.4) is 0 Å². The lowest BCUT2D eigenvalue weighted by Crippen LogP contribution is -2.33. The van der Waals surface area contributed by atoms with Gasteiger partial charge in [0.2, 0.25) is 5.91 Å². The van der Waals surface area contributed by atoms with Crippen LogP contribution in [0.2, 0.25) is 5.02 Å². The molecular weight excluding hydrogens is 388 g/mol. The summed E-state index contributed by atoms with van der Waals surface area (Å²) >= 11 is 6.08. The molecule has 0 saturated carbocycles. The first kappa shape index (κ1) is 19.5. The van der Waals surface area contributed by atoms with Crippen LogP contribution in [0.25, 0.3) is 0 Å². The SMILES string of the molecule is COc1cc(Cl)c(C)cc1NS(=O)(=O)c1ccc2c(c1)CC(C)N2C(C)=O. The van der Waals surface area contributed by atoms with Gasteiger partial charge in [0.05, 0.1) is 17.7 Å². The summed E-state index contributed by atoms with van der Waals surface area (Å²) in [6, 6.07) is 8.01. The summed E-state index contributed by atoms with van der Waals surface area (Å²) in [5.74, 6) is 0.281. The summed E-state index contributed by atoms with van der Waals surface area (Å²) in [6.45, 7) is 5.23. The Hall–Kier alpha value is -2.25. The number of methoxy groups -OCH3 is 1. The lowest BCUT2D eigenvalue weighted by Gasteiger charge is -2.20. The molecule has 0 bridgehead atoms. The number of nitrogens with zero attached hydrogens (tertiary/aromatic N) is 1. The monoisotopic (exact) mass is 408 g/mol. The van der Waals surface area contributed by atoms with Crippen molar-refractivity contribution in [1.29, 1.82) is 0 Å². The predicted octanol–water partition coefficient (Wildman–Crippen LogP) is 3.76. The zero-order chi connectivity index (χ0) is 19.9. The third-order valence-corrected chi connectivity index (χ3v) is 6.41. The Labute approximate surface area is 164 Å². The van der Waals surface area contributed by atoms with Gasteiger partial charge < -0.3 is 9.64 Å². The number of carbonyl (C=O) groups is 1. The number of rotatable bonds is 4. The number of carbonyl (C=O) groups excluding carboxylic acids is 1. The molecule has 1 unspecified atom stereocenters. The van der Waals surface area contributed by atoms with Gasteiger partial charge in [-0.3, -0.25) is 9.52 Å². The molecule has 8 heteroatoms. The molecule has 2 aromatic rings. The average molecular weight is 409 g/mol. The van der Waals surface area contributed by atoms with Crippen molar-refractivity contribution in [2.24, 2.45) is 0 Å². The predicted molar refractivity (Wildman–Crippen MR) is 106 cm³/mol. The van der Waals surface area contributed by atoms with Gasteiger partial charge in [0.1, 0.15) is 5.75 Å². The molecule has 144 valence electrons. The quantitative estimate of drug-likeness (QED) is 0.835. The first-order chi connectivity index (χ1) is 12.6. The van der Waals surface area contributed by atoms with Gasteiger partial charge in [0.15, 0.2) is 0 Å². The lowest BCUT2D eigenvalue weighted by atomic mass is 10.1. The highest BCUT2D eigenvalue weighted by Crippen LogP contribution is 2.36. The molecule has 0 fully saturated rings. The first-order valence-electron chi connectivity index (χ1n) is 8.43. The molecule has 1 heterocycles. The highest BCUT2D eigenvalue weighted by Gasteiger charge is 2.30. The molecule has 1 aliphatic heterocycles. The number of hydrogen-bond donors (Lipinski definition) is 1. The van der Waals surface area contributed by atoms with Crippen molar-refractivity contribution in [1.82, 2.24) is 0 Å². The highest BCUT2D eigenvalue weighted by molar-refractivity contribution is 7.92. The van der Waals surface area contributed by atoms with Crippen molar-refractivity contribution >= 4 is 38.9 Å². The fourth-order valence-corrected chi connectivity index (χ4v) is 4.64. The molecule has 6 nitrogen and oxygen atoms in total. The average Bonchev–Trinajstić information content (AvgIpc) is 2.92. The summed E-state index contributed by atoms with van der Waals surface area (Å²) in [6.07, 6.45) is 0.613. The molecule has 0 aromatic heterocycles. The van der Waals surface area contributed by atoms with Crippen LogP contribution in [0, 0.1) is 6.92 Å². The summed E-state index contributed by atoms with van der Waals surface area (Å²) in [7, 11) is -2.38. The van der Waals surface area contributed by atoms with E-state index in [0.29, 0.717) is 22.9 Å². The normalized spacial score (nSPS) is 16.2. The molecule has 1 N–H and O–H groups in total. The van der Waals surface area contributed by atoms with E-state index in [2.05, 4.69) is 4.72 Å². The summed E-state index contributed by atoms with van der Waals surface area (Å²) in [5.41, 5.74) is 2.64. The Morgan fingerprint density at radius 3 is 2.63 bits per heavy atom. The molecule has 3 rings (SSSR count). The van der Waals surface area contributed by atoms with E-state index in [4.69, 9.17) is 16.3 Å². The Morgan fingerprint density at radius 2 is 2.00 bits per heavy atom. The molecule has 1 atom stereocenters. The van der Waals surface area contributed by atoms with Crippen LogP contribution >= 0.6 is 11.6 Å². The molecule has 2 aromatic carbocycles. The number of benzene rings is 2. The molecule has 1 amide bonds. The third kappa shape index (κ3) is 3.61. The smallest absolute Gasteiger partial charge is 0.262 e. The van der Waals surface area contributed by atoms with Crippen molar-refractivity contribution in [3.63, 3.8) is 0 Å². The van der Waals surface area contributed by atoms with Crippen LogP contribution in [0.5, 0.6) is 5.75 Å². The Kier molecular flexibility index (Phi) is 5.10. The fraction of sp³-hybridized carbons (Fsp3) is 0.316. The van der Waals surface area contributed by atoms with E-state index in [-0.39, 0.29) is 16.8 Å². The van der Waals surface area contributed by atoms with Crippen LogP contribution in [0.1, 0.15) is 25.0 Å². The topological polar surface area (TPSA) is 75.7 Å². The van der Waals surface area contributed by atoms with Crippen LogP contribution in [-0.4, -0.2) is 27.5 Å². The summed E-state index contributed by atoms with van der Waals surface area (Å²) in [5, 5.41) is 0.491. The molecule has 1 aliphatic rings. The maximum Gasteiger partial charge on any atom is 0.262 e. The van der Waals surface area contributed by atoms with Gasteiger partial charge in [0.25, 0.3) is 10.0 Å². The number of fused-ring (bicyclic) bond motifs is 1. The van der Waals surface area contributed by atoms with Gasteiger partial charge in [-0.15, -0.1) is 0 Å². The molecule has 0 saturated heterocycles. The van der Waals surface area contributed by atoms with Gasteiger partial charge in [-0.25, -0.2) is 8.42 Å². The highest BCUT2D eigenvalue weighted by atomic mass is 35.5. The van der Waals surface area contributed by atoms with Crippen LogP contribution < -0.4 is 14.4 Å². The number of aryl methyl sites for hydroxylation is 1. The van der Waals surface area contributed by atoms with Crippen molar-refractivity contribution < 1.29 is 17.9 Å². The first-order valence-corrected chi connectivity index (χ1v) is 10.3. The second-order valence-corrected chi connectivity index (χ2v) is 8.73. The number of ether oxygens (including phenoxy) is 1. The van der Waals surface area contributed by atoms with Gasteiger partial charge in [-0.2, -0.15) is 0 Å². The van der Waals surface area contributed by atoms with E-state index in [1.807, 2.05) is 6.92 Å². The minimum atomic E-state index is -3.83. The van der Waals surface area contributed by atoms with Gasteiger partial charge in [0, 0.05) is 29.7 Å². The number of hydrogen-bond acceptors (Lipinski definition) is 4. The zero-order valence-corrected chi connectivity index (χ0v) is 17.1. The Bertz CT molecular complexity index is 1020. The van der Waals surface area contributed by atoms with Crippen molar-refractivity contribution in [3.8, 4) is 5.75 Å². The Balaban J connectivity index is 1.97. The maximum atomic E-state index is 12.9. The molecule has 0 aliphatic carbocycles. The second-order valence-electron chi connectivity index (χ2n) is 6.64. The van der Waals surface area contributed by atoms with Crippen LogP contribution in [0.4, 0.5) is 11.4 Å². The maximum absolute atomic E-state index is 12.9. The van der Waals surface area contributed by atoms with Gasteiger partial charge in [-0.1, -0.05) is 11.6 Å². The summed E-state index contributed by atoms with van der Waals surface area (Å²) < 4.78 is 33.6. The second kappa shape index (κ2) is 7.05. The zero-order valence-electron chi connectivity index (χ0n) is 15.5. The van der Waals surface area contributed by atoms with Crippen molar-refractivity contribution in [3.05, 3.63) is 46.5 Å². The number of sulfonamides is 1. The standard InChI is InChI=1S/C19H21ClN2O4S/c1-11-7-17(19(26-4)10-16(11)20)21-27(24,25)15-5-6-18-14(9-15)8-12(2)22(18)13(3)23/h5-7,9-10,12,21H,8H2,1-4H3. The molecule has 0 radical (unpaired) electrons. The fourth-order valence-electron chi connectivity index (χ4n) is 3.37. The third-order valence-electron chi connectivity index (χ3n) is 4.64. The molecular formula is C19H21ClN2O4S. The minimum absolute atomic E-state index is 0.00224. The largest absolute Gasteiger partial charge is 0.495 e. The lowest BCUT2D eigenvalue weighted by molar-refractivity contribution is -0.116. The Morgan fingerprint density at radius 1 is 1.30 bits per heavy atom. The summed E-state index contributed by atoms with van der Waals surface area (Å²) in [4.78, 5) is 13.7. The number of nitrogens with one attached hydrogen (secondary N) is 1. The molecule has 27 heavy (non-hydrogen) atoms. The van der Waals surface area contributed by atoms with E-state index in [0.717, 1.165) is 16.8 Å². The van der Waals surface area contributed by atoms with E-state index in [1.165, 1.54) is 20.1 Å². The van der Waals surface area contributed by atoms with Crippen LogP contribution in [0.15, 0.2) is 35.2 Å². The number of amides is 1. The minimum Gasteiger partial charge on any atom is -0.495 e. The van der Waals surface area contributed by atoms with E-state index >= 15 is 0 Å². The van der Waals surface area contributed by atoms with Gasteiger partial charge in [-0.05, 0) is 55.7 Å². The van der Waals surface area contributed by atoms with E-state index < -0.39 is 10.0 Å². The van der Waals surface area contributed by atoms with Crippen molar-refractivity contribution in [2.75, 3.05) is 16.7 Å². The van der Waals surface area contributed by atoms with E-state index in [1.54, 1.807) is 36.1 Å². The van der Waals surface area contributed by atoms with Crippen molar-refractivity contribution in [2.45, 2.75) is 38.1 Å². The number of anilines is 2.